The predicted molar refractivity (Wildman–Crippen MR) is 39.8 cm³/mol. The maximum atomic E-state index is 10.2. The Morgan fingerprint density at radius 2 is 2.18 bits per heavy atom. The van der Waals surface area contributed by atoms with Gasteiger partial charge in [-0.3, -0.25) is 4.55 Å². The molecule has 4 nitrogen and oxygen atoms in total. The molecule has 0 saturated heterocycles. The van der Waals surface area contributed by atoms with Crippen LogP contribution in [0.15, 0.2) is 11.4 Å². The Morgan fingerprint density at radius 3 is 2.27 bits per heavy atom. The van der Waals surface area contributed by atoms with Crippen LogP contribution in [0.1, 0.15) is 0 Å². The third kappa shape index (κ3) is 12.9. The first-order valence-corrected chi connectivity index (χ1v) is 4.68. The predicted octanol–water partition coefficient (Wildman–Crippen LogP) is 1.56. The Hall–Kier alpha value is -0.240. The summed E-state index contributed by atoms with van der Waals surface area (Å²) in [6.45, 7) is 0. The number of hydrogen-bond acceptors (Lipinski definition) is 4. The zero-order valence-electron chi connectivity index (χ0n) is 4.94. The second-order valence-corrected chi connectivity index (χ2v) is 3.11. The minimum atomic E-state index is -5.17. The molecule has 0 radical (unpaired) electrons. The molecule has 11 heavy (non-hydrogen) atoms. The number of hydrogen-bond donors (Lipinski definition) is 1. The molecule has 64 valence electrons. The Labute approximate surface area is 71.8 Å². The lowest BCUT2D eigenvalue weighted by molar-refractivity contribution is 0.435. The van der Waals surface area contributed by atoms with Crippen LogP contribution in [0.4, 0.5) is 3.89 Å². The smallest absolute Gasteiger partial charge is 0.260 e. The highest BCUT2D eigenvalue weighted by atomic mass is 35.5. The highest BCUT2D eigenvalue weighted by molar-refractivity contribution is 7.80. The summed E-state index contributed by atoms with van der Waals surface area (Å²) >= 11 is 6.71. The topological polar surface area (TPSA) is 67.3 Å². The lowest BCUT2D eigenvalue weighted by atomic mass is 10.8. The van der Waals surface area contributed by atoms with Crippen LogP contribution in [-0.2, 0) is 10.5 Å². The summed E-state index contributed by atoms with van der Waals surface area (Å²) in [6, 6.07) is 1.76. The third-order valence-electron chi connectivity index (χ3n) is 0.406. The first-order valence-electron chi connectivity index (χ1n) is 2.12. The number of halogens is 2. The molecule has 0 amide bonds. The van der Waals surface area contributed by atoms with E-state index in [0.717, 1.165) is 0 Å². The number of aromatic nitrogens is 1. The van der Waals surface area contributed by atoms with Gasteiger partial charge in [0.05, 0.1) is 0 Å². The van der Waals surface area contributed by atoms with E-state index in [0.29, 0.717) is 5.15 Å². The summed E-state index contributed by atoms with van der Waals surface area (Å²) in [5.41, 5.74) is 0. The standard InChI is InChI=1S/C3H2ClNS.FHO3S/c4-3-1-2-6-5-3;1-5(2,3)4/h1-2H;(H,2,3,4). The van der Waals surface area contributed by atoms with Crippen LogP contribution in [0.5, 0.6) is 0 Å². The average molecular weight is 220 g/mol. The van der Waals surface area contributed by atoms with Crippen molar-refractivity contribution in [2.45, 2.75) is 0 Å². The molecule has 1 heterocycles. The van der Waals surface area contributed by atoms with Gasteiger partial charge >= 0.3 is 10.5 Å². The lowest BCUT2D eigenvalue weighted by Gasteiger charge is -1.63. The summed E-state index contributed by atoms with van der Waals surface area (Å²) in [4.78, 5) is 0. The fourth-order valence-electron chi connectivity index (χ4n) is 0.198. The highest BCUT2D eigenvalue weighted by Crippen LogP contribution is 2.04. The normalized spacial score (nSPS) is 10.1. The molecule has 8 heteroatoms. The average Bonchev–Trinajstić information content (AvgIpc) is 2.12. The van der Waals surface area contributed by atoms with Gasteiger partial charge in [0, 0.05) is 5.38 Å². The first-order chi connectivity index (χ1) is 4.89. The summed E-state index contributed by atoms with van der Waals surface area (Å²) in [5.74, 6) is 0. The molecule has 0 bridgehead atoms. The van der Waals surface area contributed by atoms with Crippen LogP contribution in [0.3, 0.4) is 0 Å². The van der Waals surface area contributed by atoms with Crippen LogP contribution in [-0.4, -0.2) is 17.3 Å². The van der Waals surface area contributed by atoms with E-state index in [1.165, 1.54) is 11.5 Å². The quantitative estimate of drug-likeness (QED) is 0.531. The SMILES string of the molecule is Clc1ccsn1.O=S(=O)(O)F. The molecule has 0 unspecified atom stereocenters. The molecule has 0 atom stereocenters. The molecule has 0 aromatic carbocycles. The molecule has 0 saturated carbocycles. The van der Waals surface area contributed by atoms with Gasteiger partial charge in [-0.25, -0.2) is 0 Å². The molecule has 1 aromatic heterocycles. The van der Waals surface area contributed by atoms with Gasteiger partial charge in [0.1, 0.15) is 5.15 Å². The molecule has 0 aliphatic carbocycles. The van der Waals surface area contributed by atoms with Crippen molar-refractivity contribution in [1.29, 1.82) is 0 Å². The van der Waals surface area contributed by atoms with Gasteiger partial charge in [0.25, 0.3) is 0 Å². The van der Waals surface area contributed by atoms with Gasteiger partial charge in [-0.15, -0.1) is 0 Å². The lowest BCUT2D eigenvalue weighted by Crippen LogP contribution is -1.80. The Bertz CT molecular complexity index is 276. The van der Waals surface area contributed by atoms with Crippen molar-refractivity contribution in [3.8, 4) is 0 Å². The fraction of sp³-hybridized carbons (Fsp3) is 0. The van der Waals surface area contributed by atoms with Crippen molar-refractivity contribution in [2.24, 2.45) is 0 Å². The van der Waals surface area contributed by atoms with E-state index < -0.39 is 10.5 Å². The maximum Gasteiger partial charge on any atom is 0.435 e. The molecule has 0 fully saturated rings. The largest absolute Gasteiger partial charge is 0.435 e. The minimum absolute atomic E-state index is 0.583. The van der Waals surface area contributed by atoms with Crippen LogP contribution in [0, 0.1) is 0 Å². The molecule has 0 aliphatic rings. The molecular formula is C3H3ClFNO3S2. The van der Waals surface area contributed by atoms with Gasteiger partial charge in [-0.2, -0.15) is 12.8 Å². The Kier molecular flexibility index (Phi) is 4.50. The number of nitrogens with zero attached hydrogens (tertiary/aromatic N) is 1. The van der Waals surface area contributed by atoms with E-state index in [1.807, 2.05) is 5.38 Å². The van der Waals surface area contributed by atoms with Gasteiger partial charge < -0.3 is 0 Å². The zero-order chi connectivity index (χ0) is 8.91. The maximum absolute atomic E-state index is 10.2. The summed E-state index contributed by atoms with van der Waals surface area (Å²) in [6.07, 6.45) is 0. The molecule has 1 N–H and O–H groups in total. The van der Waals surface area contributed by atoms with Gasteiger partial charge in [-0.1, -0.05) is 15.5 Å². The molecule has 1 aromatic rings. The summed E-state index contributed by atoms with van der Waals surface area (Å²) in [5, 5.41) is 2.42. The molecule has 1 rings (SSSR count). The van der Waals surface area contributed by atoms with E-state index in [1.54, 1.807) is 6.07 Å². The van der Waals surface area contributed by atoms with E-state index in [-0.39, 0.29) is 0 Å². The zero-order valence-corrected chi connectivity index (χ0v) is 7.33. The van der Waals surface area contributed by atoms with Crippen molar-refractivity contribution in [2.75, 3.05) is 0 Å². The van der Waals surface area contributed by atoms with Crippen molar-refractivity contribution < 1.29 is 16.9 Å². The van der Waals surface area contributed by atoms with E-state index >= 15 is 0 Å². The van der Waals surface area contributed by atoms with E-state index in [9.17, 15) is 3.89 Å². The van der Waals surface area contributed by atoms with Gasteiger partial charge in [-0.05, 0) is 17.6 Å². The summed E-state index contributed by atoms with van der Waals surface area (Å²) < 4.78 is 37.8. The second kappa shape index (κ2) is 4.60. The van der Waals surface area contributed by atoms with Crippen molar-refractivity contribution >= 4 is 33.6 Å². The van der Waals surface area contributed by atoms with Crippen molar-refractivity contribution in [3.63, 3.8) is 0 Å². The summed E-state index contributed by atoms with van der Waals surface area (Å²) in [7, 11) is -5.17. The number of rotatable bonds is 0. The van der Waals surface area contributed by atoms with Gasteiger partial charge in [0.2, 0.25) is 0 Å². The molecular weight excluding hydrogens is 217 g/mol. The monoisotopic (exact) mass is 219 g/mol. The van der Waals surface area contributed by atoms with Crippen LogP contribution in [0.25, 0.3) is 0 Å². The third-order valence-corrected chi connectivity index (χ3v) is 1.28. The molecule has 0 aliphatic heterocycles. The highest BCUT2D eigenvalue weighted by Gasteiger charge is 1.89. The second-order valence-electron chi connectivity index (χ2n) is 1.23. The Balaban J connectivity index is 0.000000187. The molecule has 0 spiro atoms. The van der Waals surface area contributed by atoms with Gasteiger partial charge in [0.15, 0.2) is 0 Å². The Morgan fingerprint density at radius 1 is 1.73 bits per heavy atom. The first kappa shape index (κ1) is 10.8. The van der Waals surface area contributed by atoms with E-state index in [4.69, 9.17) is 24.6 Å². The van der Waals surface area contributed by atoms with Crippen LogP contribution in [0.2, 0.25) is 5.15 Å². The minimum Gasteiger partial charge on any atom is -0.260 e. The van der Waals surface area contributed by atoms with Crippen molar-refractivity contribution in [1.82, 2.24) is 4.37 Å². The van der Waals surface area contributed by atoms with Crippen LogP contribution < -0.4 is 0 Å². The van der Waals surface area contributed by atoms with Crippen molar-refractivity contribution in [3.05, 3.63) is 16.6 Å². The van der Waals surface area contributed by atoms with Crippen LogP contribution >= 0.6 is 23.1 Å². The van der Waals surface area contributed by atoms with E-state index in [2.05, 4.69) is 4.37 Å². The fourth-order valence-corrected chi connectivity index (χ4v) is 0.867.